The summed E-state index contributed by atoms with van der Waals surface area (Å²) in [7, 11) is 1.53. The van der Waals surface area contributed by atoms with Gasteiger partial charge in [0.15, 0.2) is 5.78 Å². The van der Waals surface area contributed by atoms with E-state index in [9.17, 15) is 14.4 Å². The predicted octanol–water partition coefficient (Wildman–Crippen LogP) is 3.71. The number of hydrogen-bond acceptors (Lipinski definition) is 3. The van der Waals surface area contributed by atoms with Crippen LogP contribution >= 0.6 is 0 Å². The maximum atomic E-state index is 12.9. The van der Waals surface area contributed by atoms with Gasteiger partial charge >= 0.3 is 0 Å². The van der Waals surface area contributed by atoms with Gasteiger partial charge in [-0.05, 0) is 29.8 Å². The molecule has 0 saturated carbocycles. The number of Topliss-reactive ketones (excluding diaryl/α,β-unsaturated/α-hetero) is 1. The third kappa shape index (κ3) is 3.67. The molecule has 0 bridgehead atoms. The number of benzene rings is 2. The van der Waals surface area contributed by atoms with Crippen LogP contribution in [0.4, 0.5) is 4.39 Å². The molecule has 106 valence electrons. The number of rotatable bonds is 5. The SMILES string of the molecule is COc1cccc(C(=O)C[C@@H](C#N)c2ccc(F)cc2)c1. The van der Waals surface area contributed by atoms with Crippen molar-refractivity contribution in [1.29, 1.82) is 5.26 Å². The molecule has 2 aromatic carbocycles. The van der Waals surface area contributed by atoms with Crippen LogP contribution in [0, 0.1) is 17.1 Å². The van der Waals surface area contributed by atoms with E-state index >= 15 is 0 Å². The molecule has 0 saturated heterocycles. The number of methoxy groups -OCH3 is 1. The van der Waals surface area contributed by atoms with Gasteiger partial charge in [-0.2, -0.15) is 5.26 Å². The molecular formula is C17H14FNO2. The molecule has 0 unspecified atom stereocenters. The quantitative estimate of drug-likeness (QED) is 0.786. The number of hydrogen-bond donors (Lipinski definition) is 0. The minimum Gasteiger partial charge on any atom is -0.497 e. The van der Waals surface area contributed by atoms with Gasteiger partial charge < -0.3 is 4.74 Å². The largest absolute Gasteiger partial charge is 0.497 e. The van der Waals surface area contributed by atoms with Gasteiger partial charge in [-0.1, -0.05) is 24.3 Å². The Morgan fingerprint density at radius 1 is 1.29 bits per heavy atom. The Morgan fingerprint density at radius 3 is 2.62 bits per heavy atom. The van der Waals surface area contributed by atoms with E-state index in [1.807, 2.05) is 0 Å². The molecule has 21 heavy (non-hydrogen) atoms. The Bertz CT molecular complexity index is 674. The number of nitrogens with zero attached hydrogens (tertiary/aromatic N) is 1. The van der Waals surface area contributed by atoms with Crippen molar-refractivity contribution in [1.82, 2.24) is 0 Å². The molecule has 4 heteroatoms. The van der Waals surface area contributed by atoms with Gasteiger partial charge in [0.1, 0.15) is 11.6 Å². The summed E-state index contributed by atoms with van der Waals surface area (Å²) in [6, 6.07) is 14.5. The van der Waals surface area contributed by atoms with Crippen LogP contribution in [0.2, 0.25) is 0 Å². The van der Waals surface area contributed by atoms with Gasteiger partial charge in [-0.25, -0.2) is 4.39 Å². The van der Waals surface area contributed by atoms with Gasteiger partial charge in [0.25, 0.3) is 0 Å². The van der Waals surface area contributed by atoms with Gasteiger partial charge in [0, 0.05) is 12.0 Å². The third-order valence-electron chi connectivity index (χ3n) is 3.21. The van der Waals surface area contributed by atoms with Crippen molar-refractivity contribution >= 4 is 5.78 Å². The molecule has 3 nitrogen and oxygen atoms in total. The highest BCUT2D eigenvalue weighted by atomic mass is 19.1. The fourth-order valence-corrected chi connectivity index (χ4v) is 2.03. The fraction of sp³-hybridized carbons (Fsp3) is 0.176. The zero-order chi connectivity index (χ0) is 15.2. The summed E-state index contributed by atoms with van der Waals surface area (Å²) in [5, 5.41) is 9.22. The number of halogens is 1. The first-order valence-corrected chi connectivity index (χ1v) is 6.46. The van der Waals surface area contributed by atoms with E-state index in [1.54, 1.807) is 24.3 Å². The minimum atomic E-state index is -0.593. The van der Waals surface area contributed by atoms with E-state index < -0.39 is 5.92 Å². The van der Waals surface area contributed by atoms with E-state index in [0.29, 0.717) is 16.9 Å². The zero-order valence-electron chi connectivity index (χ0n) is 11.5. The van der Waals surface area contributed by atoms with Gasteiger partial charge in [0.2, 0.25) is 0 Å². The highest BCUT2D eigenvalue weighted by Crippen LogP contribution is 2.23. The summed E-state index contributed by atoms with van der Waals surface area (Å²) in [6.45, 7) is 0. The second kappa shape index (κ2) is 6.67. The molecular weight excluding hydrogens is 269 g/mol. The van der Waals surface area contributed by atoms with E-state index in [-0.39, 0.29) is 18.0 Å². The Morgan fingerprint density at radius 2 is 2.00 bits per heavy atom. The molecule has 0 spiro atoms. The molecule has 0 N–H and O–H groups in total. The minimum absolute atomic E-state index is 0.0509. The first-order chi connectivity index (χ1) is 10.1. The second-order valence-corrected chi connectivity index (χ2v) is 4.59. The van der Waals surface area contributed by atoms with Crippen LogP contribution in [0.5, 0.6) is 5.75 Å². The van der Waals surface area contributed by atoms with Crippen LogP contribution in [-0.2, 0) is 0 Å². The molecule has 0 aliphatic rings. The summed E-state index contributed by atoms with van der Waals surface area (Å²) in [5.74, 6) is -0.514. The van der Waals surface area contributed by atoms with Crippen LogP contribution in [0.15, 0.2) is 48.5 Å². The highest BCUT2D eigenvalue weighted by molar-refractivity contribution is 5.97. The molecule has 0 radical (unpaired) electrons. The van der Waals surface area contributed by atoms with Crippen molar-refractivity contribution in [2.45, 2.75) is 12.3 Å². The van der Waals surface area contributed by atoms with Crippen molar-refractivity contribution in [2.24, 2.45) is 0 Å². The molecule has 0 amide bonds. The van der Waals surface area contributed by atoms with Crippen molar-refractivity contribution in [3.63, 3.8) is 0 Å². The van der Waals surface area contributed by atoms with Crippen molar-refractivity contribution in [3.05, 3.63) is 65.5 Å². The molecule has 2 rings (SSSR count). The molecule has 0 fully saturated rings. The number of carbonyl (C=O) groups is 1. The summed E-state index contributed by atoms with van der Waals surface area (Å²) in [6.07, 6.45) is 0.0509. The molecule has 0 heterocycles. The fourth-order valence-electron chi connectivity index (χ4n) is 2.03. The molecule has 2 aromatic rings. The highest BCUT2D eigenvalue weighted by Gasteiger charge is 2.17. The molecule has 0 aliphatic heterocycles. The van der Waals surface area contributed by atoms with Crippen LogP contribution in [0.3, 0.4) is 0 Å². The molecule has 1 atom stereocenters. The van der Waals surface area contributed by atoms with Crippen molar-refractivity contribution in [2.75, 3.05) is 7.11 Å². The first kappa shape index (κ1) is 14.7. The Hall–Kier alpha value is -2.67. The van der Waals surface area contributed by atoms with Crippen molar-refractivity contribution in [3.8, 4) is 11.8 Å². The van der Waals surface area contributed by atoms with Gasteiger partial charge in [-0.15, -0.1) is 0 Å². The topological polar surface area (TPSA) is 50.1 Å². The Labute approximate surface area is 122 Å². The monoisotopic (exact) mass is 283 g/mol. The van der Waals surface area contributed by atoms with E-state index in [1.165, 1.54) is 31.4 Å². The lowest BCUT2D eigenvalue weighted by Crippen LogP contribution is -2.06. The standard InChI is InChI=1S/C17H14FNO2/c1-21-16-4-2-3-13(9-16)17(20)10-14(11-19)12-5-7-15(18)8-6-12/h2-9,14H,10H2,1H3/t14-/m0/s1. The van der Waals surface area contributed by atoms with Crippen LogP contribution in [-0.4, -0.2) is 12.9 Å². The lowest BCUT2D eigenvalue weighted by molar-refractivity contribution is 0.0978. The summed E-state index contributed by atoms with van der Waals surface area (Å²) >= 11 is 0. The van der Waals surface area contributed by atoms with E-state index in [0.717, 1.165) is 0 Å². The Kier molecular flexibility index (Phi) is 4.68. The number of ketones is 1. The normalized spacial score (nSPS) is 11.5. The average Bonchev–Trinajstić information content (AvgIpc) is 2.53. The smallest absolute Gasteiger partial charge is 0.164 e. The van der Waals surface area contributed by atoms with Crippen molar-refractivity contribution < 1.29 is 13.9 Å². The van der Waals surface area contributed by atoms with E-state index in [4.69, 9.17) is 4.74 Å². The van der Waals surface area contributed by atoms with Crippen LogP contribution in [0.25, 0.3) is 0 Å². The maximum Gasteiger partial charge on any atom is 0.164 e. The maximum absolute atomic E-state index is 12.9. The summed E-state index contributed by atoms with van der Waals surface area (Å²) in [5.41, 5.74) is 1.13. The zero-order valence-corrected chi connectivity index (χ0v) is 11.5. The second-order valence-electron chi connectivity index (χ2n) is 4.59. The van der Waals surface area contributed by atoms with Gasteiger partial charge in [-0.3, -0.25) is 4.79 Å². The number of ether oxygens (including phenoxy) is 1. The number of carbonyl (C=O) groups excluding carboxylic acids is 1. The Balaban J connectivity index is 2.16. The van der Waals surface area contributed by atoms with Gasteiger partial charge in [0.05, 0.1) is 19.1 Å². The number of nitriles is 1. The lowest BCUT2D eigenvalue weighted by atomic mass is 9.93. The van der Waals surface area contributed by atoms with E-state index in [2.05, 4.69) is 6.07 Å². The predicted molar refractivity (Wildman–Crippen MR) is 76.7 cm³/mol. The molecule has 0 aliphatic carbocycles. The third-order valence-corrected chi connectivity index (χ3v) is 3.21. The van der Waals surface area contributed by atoms with Crippen LogP contribution in [0.1, 0.15) is 28.3 Å². The average molecular weight is 283 g/mol. The lowest BCUT2D eigenvalue weighted by Gasteiger charge is -2.09. The summed E-state index contributed by atoms with van der Waals surface area (Å²) in [4.78, 5) is 12.2. The molecule has 0 aromatic heterocycles. The summed E-state index contributed by atoms with van der Waals surface area (Å²) < 4.78 is 18.0. The van der Waals surface area contributed by atoms with Crippen LogP contribution < -0.4 is 4.74 Å². The first-order valence-electron chi connectivity index (χ1n) is 6.46.